The second-order valence-corrected chi connectivity index (χ2v) is 12.6. The molecule has 0 bridgehead atoms. The molecule has 0 aromatic rings. The summed E-state index contributed by atoms with van der Waals surface area (Å²) in [6.07, 6.45) is 6.58. The third-order valence-electron chi connectivity index (χ3n) is 0.0583. The molecular formula is C3H10Cl3O2SSn. The van der Waals surface area contributed by atoms with E-state index in [0.717, 1.165) is 0 Å². The van der Waals surface area contributed by atoms with E-state index in [2.05, 4.69) is 33.3 Å². The maximum Gasteiger partial charge on any atom is -0.870 e. The number of hydrogen-bond donors (Lipinski definition) is 0. The summed E-state index contributed by atoms with van der Waals surface area (Å²) < 4.78 is 3.95. The topological polar surface area (TPSA) is 39.2 Å². The van der Waals surface area contributed by atoms with Crippen molar-refractivity contribution in [1.29, 1.82) is 0 Å². The number of rotatable bonds is 1. The van der Waals surface area contributed by atoms with E-state index in [1.165, 1.54) is 0 Å². The third-order valence-corrected chi connectivity index (χ3v) is 3.52. The minimum atomic E-state index is -2.37. The standard InChI is InChI=1S/C3H9S.ClO.2ClH.H2O.Sn/c1-4(2)3;1-2;;;;/h1-3H3;;2*1H;1H2;/q+1;-1;;;;+3/p-3. The molecule has 0 spiro atoms. The van der Waals surface area contributed by atoms with Crippen LogP contribution in [0, 0.1) is 0 Å². The molecule has 0 rings (SSSR count). The molecule has 0 aliphatic carbocycles. The Morgan fingerprint density at radius 2 is 1.30 bits per heavy atom. The number of halogens is 3. The van der Waals surface area contributed by atoms with Gasteiger partial charge in [0.25, 0.3) is 0 Å². The van der Waals surface area contributed by atoms with Crippen molar-refractivity contribution in [1.82, 2.24) is 0 Å². The second kappa shape index (κ2) is 13.5. The molecule has 0 amide bonds. The van der Waals surface area contributed by atoms with Crippen molar-refractivity contribution in [2.75, 3.05) is 18.8 Å². The molecule has 0 saturated heterocycles. The van der Waals surface area contributed by atoms with E-state index in [9.17, 15) is 0 Å². The molecule has 0 aliphatic heterocycles. The first kappa shape index (κ1) is 17.9. The Hall–Kier alpha value is 1.94. The van der Waals surface area contributed by atoms with Crippen LogP contribution in [0.4, 0.5) is 0 Å². The van der Waals surface area contributed by atoms with E-state index in [0.29, 0.717) is 10.9 Å². The van der Waals surface area contributed by atoms with Crippen molar-refractivity contribution in [3.63, 3.8) is 0 Å². The minimum Gasteiger partial charge on any atom is -0.870 e. The first-order valence-electron chi connectivity index (χ1n) is 1.96. The molecular weight excluding hydrogens is 325 g/mol. The molecule has 10 heavy (non-hydrogen) atoms. The fraction of sp³-hybridized carbons (Fsp3) is 1.00. The van der Waals surface area contributed by atoms with Gasteiger partial charge in [-0.1, -0.05) is 0 Å². The minimum absolute atomic E-state index is 0. The average Bonchev–Trinajstić information content (AvgIpc) is 1.65. The van der Waals surface area contributed by atoms with Gasteiger partial charge in [0.15, 0.2) is 0 Å². The molecule has 0 fully saturated rings. The SMILES string of the molecule is C[S+](C)C.Cl[O][Sn]([Cl])[Cl].[OH-]. The molecule has 0 saturated carbocycles. The fourth-order valence-corrected chi connectivity index (χ4v) is 0. The summed E-state index contributed by atoms with van der Waals surface area (Å²) in [4.78, 5) is 0. The van der Waals surface area contributed by atoms with Gasteiger partial charge in [0.1, 0.15) is 0 Å². The van der Waals surface area contributed by atoms with Gasteiger partial charge in [0.05, 0.1) is 18.8 Å². The quantitative estimate of drug-likeness (QED) is 0.543. The molecule has 0 aromatic carbocycles. The Bertz CT molecular complexity index is 54.3. The molecule has 1 radical (unpaired) electrons. The summed E-state index contributed by atoms with van der Waals surface area (Å²) in [6.45, 7) is 0. The van der Waals surface area contributed by atoms with Crippen molar-refractivity contribution in [3.8, 4) is 0 Å². The van der Waals surface area contributed by atoms with Crippen LogP contribution in [0.5, 0.6) is 0 Å². The second-order valence-electron chi connectivity index (χ2n) is 1.53. The largest absolute Gasteiger partial charge is 0.870 e. The summed E-state index contributed by atoms with van der Waals surface area (Å²) >= 11 is 2.29. The van der Waals surface area contributed by atoms with Crippen LogP contribution in [0.1, 0.15) is 0 Å². The molecule has 7 heteroatoms. The summed E-state index contributed by atoms with van der Waals surface area (Å²) in [5.41, 5.74) is 0. The van der Waals surface area contributed by atoms with Crippen molar-refractivity contribution in [2.24, 2.45) is 0 Å². The maximum absolute atomic E-state index is 5.07. The van der Waals surface area contributed by atoms with Gasteiger partial charge in [-0.3, -0.25) is 0 Å². The van der Waals surface area contributed by atoms with Crippen LogP contribution in [-0.2, 0) is 13.5 Å². The van der Waals surface area contributed by atoms with Crippen LogP contribution < -0.4 is 0 Å². The Morgan fingerprint density at radius 1 is 1.20 bits per heavy atom. The molecule has 0 unspecified atom stereocenters. The van der Waals surface area contributed by atoms with Gasteiger partial charge in [-0.15, -0.1) is 0 Å². The molecule has 65 valence electrons. The third kappa shape index (κ3) is 51.2. The van der Waals surface area contributed by atoms with Crippen LogP contribution >= 0.6 is 29.7 Å². The Kier molecular flexibility index (Phi) is 24.2. The van der Waals surface area contributed by atoms with E-state index in [4.69, 9.17) is 17.8 Å². The van der Waals surface area contributed by atoms with Gasteiger partial charge in [0.2, 0.25) is 0 Å². The smallest absolute Gasteiger partial charge is 0.870 e. The van der Waals surface area contributed by atoms with E-state index in [-0.39, 0.29) is 5.48 Å². The summed E-state index contributed by atoms with van der Waals surface area (Å²) in [5, 5.41) is 0. The van der Waals surface area contributed by atoms with Gasteiger partial charge in [-0.05, 0) is 10.9 Å². The normalized spacial score (nSPS) is 8.40. The Labute approximate surface area is 84.7 Å². The van der Waals surface area contributed by atoms with E-state index < -0.39 is 17.9 Å². The van der Waals surface area contributed by atoms with Gasteiger partial charge in [-0.25, -0.2) is 0 Å². The zero-order valence-corrected chi connectivity index (χ0v) is 11.8. The first-order chi connectivity index (χ1) is 4.00. The molecule has 1 N–H and O–H groups in total. The monoisotopic (exact) mass is 335 g/mol. The van der Waals surface area contributed by atoms with Gasteiger partial charge in [0, 0.05) is 0 Å². The van der Waals surface area contributed by atoms with Crippen LogP contribution in [0.25, 0.3) is 0 Å². The van der Waals surface area contributed by atoms with Gasteiger partial charge < -0.3 is 5.48 Å². The Balaban J connectivity index is -0.0000000910. The van der Waals surface area contributed by atoms with Crippen LogP contribution in [-0.4, -0.2) is 42.2 Å². The van der Waals surface area contributed by atoms with Crippen LogP contribution in [0.2, 0.25) is 0 Å². The maximum atomic E-state index is 5.07. The molecule has 0 aliphatic rings. The molecule has 0 aromatic heterocycles. The molecule has 0 atom stereocenters. The zero-order chi connectivity index (χ0) is 7.86. The molecule has 0 heterocycles. The summed E-state index contributed by atoms with van der Waals surface area (Å²) in [5.74, 6) is 0. The summed E-state index contributed by atoms with van der Waals surface area (Å²) in [6, 6.07) is 0. The van der Waals surface area contributed by atoms with Gasteiger partial charge >= 0.3 is 50.3 Å². The van der Waals surface area contributed by atoms with Crippen LogP contribution in [0.3, 0.4) is 0 Å². The predicted molar refractivity (Wildman–Crippen MR) is 51.5 cm³/mol. The predicted octanol–water partition coefficient (Wildman–Crippen LogP) is 1.94. The van der Waals surface area contributed by atoms with E-state index >= 15 is 0 Å². The molecule has 2 nitrogen and oxygen atoms in total. The van der Waals surface area contributed by atoms with Crippen LogP contribution in [0.15, 0.2) is 0 Å². The fourth-order valence-electron chi connectivity index (χ4n) is 0. The van der Waals surface area contributed by atoms with Crippen molar-refractivity contribution < 1.29 is 8.10 Å². The van der Waals surface area contributed by atoms with Gasteiger partial charge in [-0.2, -0.15) is 0 Å². The van der Waals surface area contributed by atoms with Crippen molar-refractivity contribution in [2.45, 2.75) is 0 Å². The first-order valence-corrected chi connectivity index (χ1v) is 13.1. The van der Waals surface area contributed by atoms with E-state index in [1.54, 1.807) is 0 Å². The summed E-state index contributed by atoms with van der Waals surface area (Å²) in [7, 11) is 10.8. The average molecular weight is 335 g/mol. The number of hydrogen-bond acceptors (Lipinski definition) is 2. The van der Waals surface area contributed by atoms with E-state index in [1.807, 2.05) is 0 Å². The van der Waals surface area contributed by atoms with Crippen molar-refractivity contribution >= 4 is 58.5 Å². The zero-order valence-electron chi connectivity index (χ0n) is 5.90. The van der Waals surface area contributed by atoms with Crippen molar-refractivity contribution in [3.05, 3.63) is 0 Å². The Morgan fingerprint density at radius 3 is 1.30 bits per heavy atom.